The zero-order valence-electron chi connectivity index (χ0n) is 49.3. The van der Waals surface area contributed by atoms with E-state index < -0.39 is 6.10 Å². The summed E-state index contributed by atoms with van der Waals surface area (Å²) in [6.07, 6.45) is 84.0. The molecule has 75 heavy (non-hydrogen) atoms. The summed E-state index contributed by atoms with van der Waals surface area (Å²) in [4.78, 5) is 38.3. The van der Waals surface area contributed by atoms with Crippen molar-refractivity contribution in [2.45, 2.75) is 309 Å². The van der Waals surface area contributed by atoms with Crippen LogP contribution in [0.2, 0.25) is 0 Å². The molecule has 6 nitrogen and oxygen atoms in total. The van der Waals surface area contributed by atoms with E-state index in [0.717, 1.165) is 109 Å². The minimum absolute atomic E-state index is 0.0851. The molecule has 0 aliphatic rings. The van der Waals surface area contributed by atoms with Gasteiger partial charge in [0.15, 0.2) is 6.10 Å². The number of carbonyl (C=O) groups excluding carboxylic acids is 3. The highest BCUT2D eigenvalue weighted by atomic mass is 16.6. The van der Waals surface area contributed by atoms with E-state index in [-0.39, 0.29) is 31.1 Å². The lowest BCUT2D eigenvalue weighted by atomic mass is 10.1. The Morgan fingerprint density at radius 3 is 0.840 bits per heavy atom. The molecule has 0 saturated heterocycles. The maximum atomic E-state index is 12.9. The fraction of sp³-hybridized carbons (Fsp3) is 0.725. The molecule has 0 radical (unpaired) electrons. The van der Waals surface area contributed by atoms with Crippen LogP contribution in [0, 0.1) is 0 Å². The van der Waals surface area contributed by atoms with E-state index >= 15 is 0 Å². The third-order valence-corrected chi connectivity index (χ3v) is 13.5. The first-order valence-corrected chi connectivity index (χ1v) is 31.7. The molecule has 430 valence electrons. The minimum Gasteiger partial charge on any atom is -0.462 e. The molecule has 0 heterocycles. The van der Waals surface area contributed by atoms with Gasteiger partial charge in [0, 0.05) is 19.3 Å². The maximum Gasteiger partial charge on any atom is 0.306 e. The van der Waals surface area contributed by atoms with Gasteiger partial charge in [-0.3, -0.25) is 14.4 Å². The third kappa shape index (κ3) is 61.1. The maximum absolute atomic E-state index is 12.9. The minimum atomic E-state index is -0.788. The van der Waals surface area contributed by atoms with Crippen molar-refractivity contribution in [3.63, 3.8) is 0 Å². The third-order valence-electron chi connectivity index (χ3n) is 13.5. The first-order chi connectivity index (χ1) is 37.0. The zero-order valence-corrected chi connectivity index (χ0v) is 49.3. The first kappa shape index (κ1) is 71.3. The summed E-state index contributed by atoms with van der Waals surface area (Å²) in [7, 11) is 0. The van der Waals surface area contributed by atoms with Gasteiger partial charge < -0.3 is 14.2 Å². The van der Waals surface area contributed by atoms with E-state index in [1.807, 2.05) is 0 Å². The largest absolute Gasteiger partial charge is 0.462 e. The van der Waals surface area contributed by atoms with Crippen LogP contribution in [-0.4, -0.2) is 37.2 Å². The number of ether oxygens (including phenoxy) is 3. The Balaban J connectivity index is 4.33. The van der Waals surface area contributed by atoms with E-state index in [1.165, 1.54) is 154 Å². The summed E-state index contributed by atoms with van der Waals surface area (Å²) < 4.78 is 16.9. The van der Waals surface area contributed by atoms with Crippen LogP contribution in [-0.2, 0) is 28.6 Å². The molecule has 6 heteroatoms. The second-order valence-electron chi connectivity index (χ2n) is 20.9. The van der Waals surface area contributed by atoms with Crippen LogP contribution in [0.1, 0.15) is 303 Å². The highest BCUT2D eigenvalue weighted by molar-refractivity contribution is 5.71. The lowest BCUT2D eigenvalue weighted by Crippen LogP contribution is -2.30. The Kier molecular flexibility index (Phi) is 59.8. The first-order valence-electron chi connectivity index (χ1n) is 31.7. The Morgan fingerprint density at radius 2 is 0.520 bits per heavy atom. The molecule has 0 fully saturated rings. The topological polar surface area (TPSA) is 78.9 Å². The molecular weight excluding hydrogens is 925 g/mol. The van der Waals surface area contributed by atoms with Crippen molar-refractivity contribution in [3.05, 3.63) is 97.2 Å². The Morgan fingerprint density at radius 1 is 0.280 bits per heavy atom. The molecule has 0 aromatic heterocycles. The molecule has 1 atom stereocenters. The van der Waals surface area contributed by atoms with Crippen LogP contribution < -0.4 is 0 Å². The predicted molar refractivity (Wildman–Crippen MR) is 325 cm³/mol. The lowest BCUT2D eigenvalue weighted by Gasteiger charge is -2.18. The van der Waals surface area contributed by atoms with Crippen molar-refractivity contribution in [1.29, 1.82) is 0 Å². The number of hydrogen-bond donors (Lipinski definition) is 0. The van der Waals surface area contributed by atoms with Gasteiger partial charge in [0.05, 0.1) is 0 Å². The Labute approximate surface area is 464 Å². The molecule has 0 bridgehead atoms. The van der Waals surface area contributed by atoms with Gasteiger partial charge >= 0.3 is 17.9 Å². The monoisotopic (exact) mass is 1040 g/mol. The molecule has 1 unspecified atom stereocenters. The predicted octanol–water partition coefficient (Wildman–Crippen LogP) is 21.7. The molecule has 0 aliphatic heterocycles. The Bertz CT molecular complexity index is 1480. The van der Waals surface area contributed by atoms with Gasteiger partial charge in [-0.05, 0) is 122 Å². The second kappa shape index (κ2) is 62.9. The van der Waals surface area contributed by atoms with Crippen molar-refractivity contribution in [2.75, 3.05) is 13.2 Å². The van der Waals surface area contributed by atoms with E-state index in [1.54, 1.807) is 0 Å². The average molecular weight is 1040 g/mol. The standard InChI is InChI=1S/C69H118O6/c1-4-7-10-13-16-19-22-25-27-29-30-31-32-33-34-35-36-37-38-40-41-44-47-50-53-56-59-62-68(71)74-65-66(64-73-67(70)61-58-55-52-49-46-43-24-21-18-15-12-9-6-3)75-69(72)63-60-57-54-51-48-45-42-39-28-26-23-20-17-14-11-8-5-2/h7,10,16,19,21,24-28,30-31,33-34,36-37,66H,4-6,8-9,11-15,17-18,20,22-23,29,32,35,38-65H2,1-3H3/b10-7-,19-16-,24-21-,27-25-,28-26-,31-30-,34-33-,37-36-. The van der Waals surface area contributed by atoms with Crippen LogP contribution >= 0.6 is 0 Å². The summed E-state index contributed by atoms with van der Waals surface area (Å²) >= 11 is 0. The number of allylic oxidation sites excluding steroid dienone is 16. The van der Waals surface area contributed by atoms with Gasteiger partial charge in [-0.2, -0.15) is 0 Å². The summed E-state index contributed by atoms with van der Waals surface area (Å²) in [5.41, 5.74) is 0. The van der Waals surface area contributed by atoms with E-state index in [0.29, 0.717) is 19.3 Å². The van der Waals surface area contributed by atoms with Crippen LogP contribution in [0.3, 0.4) is 0 Å². The van der Waals surface area contributed by atoms with Crippen molar-refractivity contribution in [1.82, 2.24) is 0 Å². The quantitative estimate of drug-likeness (QED) is 0.0261. The van der Waals surface area contributed by atoms with Crippen LogP contribution in [0.15, 0.2) is 97.2 Å². The zero-order chi connectivity index (χ0) is 54.3. The van der Waals surface area contributed by atoms with Gasteiger partial charge in [0.1, 0.15) is 13.2 Å². The van der Waals surface area contributed by atoms with Crippen LogP contribution in [0.5, 0.6) is 0 Å². The average Bonchev–Trinajstić information content (AvgIpc) is 3.41. The smallest absolute Gasteiger partial charge is 0.306 e. The molecule has 0 aromatic carbocycles. The van der Waals surface area contributed by atoms with Gasteiger partial charge in [-0.25, -0.2) is 0 Å². The molecule has 0 rings (SSSR count). The number of rotatable bonds is 57. The molecule has 0 aliphatic carbocycles. The normalized spacial score (nSPS) is 12.7. The highest BCUT2D eigenvalue weighted by Crippen LogP contribution is 2.15. The number of hydrogen-bond acceptors (Lipinski definition) is 6. The summed E-state index contributed by atoms with van der Waals surface area (Å²) in [6, 6.07) is 0. The SMILES string of the molecule is CC/C=C\C/C=C\C/C=C\C/C=C\C/C=C\C/C=C\CCCCCCCCCCC(=O)OCC(COC(=O)CCCCCCC/C=C\CCCCCC)OC(=O)CCCCCCCCC/C=C\CCCCCCCC. The van der Waals surface area contributed by atoms with Crippen molar-refractivity contribution >= 4 is 17.9 Å². The van der Waals surface area contributed by atoms with Crippen molar-refractivity contribution in [2.24, 2.45) is 0 Å². The van der Waals surface area contributed by atoms with Gasteiger partial charge in [0.2, 0.25) is 0 Å². The molecular formula is C69H118O6. The number of carbonyl (C=O) groups is 3. The molecule has 0 amide bonds. The fourth-order valence-corrected chi connectivity index (χ4v) is 8.79. The summed E-state index contributed by atoms with van der Waals surface area (Å²) in [5.74, 6) is -0.897. The van der Waals surface area contributed by atoms with Gasteiger partial charge in [0.25, 0.3) is 0 Å². The van der Waals surface area contributed by atoms with Crippen molar-refractivity contribution < 1.29 is 28.6 Å². The summed E-state index contributed by atoms with van der Waals surface area (Å²) in [5, 5.41) is 0. The molecule has 0 N–H and O–H groups in total. The second-order valence-corrected chi connectivity index (χ2v) is 20.9. The molecule has 0 spiro atoms. The number of unbranched alkanes of at least 4 members (excludes halogenated alkanes) is 30. The highest BCUT2D eigenvalue weighted by Gasteiger charge is 2.19. The Hall–Kier alpha value is -3.67. The molecule has 0 aromatic rings. The van der Waals surface area contributed by atoms with E-state index in [9.17, 15) is 14.4 Å². The van der Waals surface area contributed by atoms with E-state index in [2.05, 4.69) is 118 Å². The van der Waals surface area contributed by atoms with Crippen molar-refractivity contribution in [3.8, 4) is 0 Å². The summed E-state index contributed by atoms with van der Waals surface area (Å²) in [6.45, 7) is 6.51. The van der Waals surface area contributed by atoms with Crippen LogP contribution in [0.4, 0.5) is 0 Å². The van der Waals surface area contributed by atoms with E-state index in [4.69, 9.17) is 14.2 Å². The van der Waals surface area contributed by atoms with Crippen LogP contribution in [0.25, 0.3) is 0 Å². The fourth-order valence-electron chi connectivity index (χ4n) is 8.79. The number of esters is 3. The molecule has 0 saturated carbocycles. The lowest BCUT2D eigenvalue weighted by molar-refractivity contribution is -0.167. The van der Waals surface area contributed by atoms with Gasteiger partial charge in [-0.1, -0.05) is 259 Å². The van der Waals surface area contributed by atoms with Gasteiger partial charge in [-0.15, -0.1) is 0 Å².